The molecule has 0 saturated carbocycles. The molecule has 1 atom stereocenters. The number of hydrogen-bond acceptors (Lipinski definition) is 2. The molecular weight excluding hydrogens is 346 g/mol. The van der Waals surface area contributed by atoms with Gasteiger partial charge in [0.1, 0.15) is 5.60 Å². The lowest BCUT2D eigenvalue weighted by Gasteiger charge is -2.38. The molecule has 1 amide bonds. The SMILES string of the molecule is CCCCCCCCCCC[C@H]1c2ccccc2CCN1C(=O)OC(C)(C)C. The van der Waals surface area contributed by atoms with E-state index in [4.69, 9.17) is 4.74 Å². The van der Waals surface area contributed by atoms with Gasteiger partial charge >= 0.3 is 6.09 Å². The molecular formula is C25H41NO2. The Morgan fingerprint density at radius 3 is 2.25 bits per heavy atom. The van der Waals surface area contributed by atoms with Crippen molar-refractivity contribution in [3.05, 3.63) is 35.4 Å². The molecule has 3 nitrogen and oxygen atoms in total. The zero-order valence-electron chi connectivity index (χ0n) is 18.6. The lowest BCUT2D eigenvalue weighted by atomic mass is 9.89. The molecule has 0 unspecified atom stereocenters. The third kappa shape index (κ3) is 7.48. The highest BCUT2D eigenvalue weighted by Crippen LogP contribution is 2.34. The van der Waals surface area contributed by atoms with Crippen LogP contribution in [0.1, 0.15) is 109 Å². The van der Waals surface area contributed by atoms with E-state index in [-0.39, 0.29) is 12.1 Å². The van der Waals surface area contributed by atoms with Gasteiger partial charge in [-0.25, -0.2) is 4.79 Å². The van der Waals surface area contributed by atoms with Crippen LogP contribution in [0.25, 0.3) is 0 Å². The number of carbonyl (C=O) groups excluding carboxylic acids is 1. The summed E-state index contributed by atoms with van der Waals surface area (Å²) in [5.41, 5.74) is 2.26. The number of hydrogen-bond donors (Lipinski definition) is 0. The summed E-state index contributed by atoms with van der Waals surface area (Å²) in [6.07, 6.45) is 13.7. The molecule has 0 saturated heterocycles. The molecule has 1 aromatic rings. The van der Waals surface area contributed by atoms with Crippen LogP contribution in [0.3, 0.4) is 0 Å². The normalized spacial score (nSPS) is 16.7. The van der Waals surface area contributed by atoms with Gasteiger partial charge in [0.15, 0.2) is 0 Å². The summed E-state index contributed by atoms with van der Waals surface area (Å²) >= 11 is 0. The molecule has 1 aliphatic rings. The molecule has 1 aromatic carbocycles. The van der Waals surface area contributed by atoms with E-state index in [1.54, 1.807) is 0 Å². The molecule has 0 N–H and O–H groups in total. The third-order valence-corrected chi connectivity index (χ3v) is 5.62. The summed E-state index contributed by atoms with van der Waals surface area (Å²) in [4.78, 5) is 14.8. The third-order valence-electron chi connectivity index (χ3n) is 5.62. The zero-order valence-corrected chi connectivity index (χ0v) is 18.6. The molecule has 28 heavy (non-hydrogen) atoms. The Balaban J connectivity index is 1.87. The van der Waals surface area contributed by atoms with Crippen molar-refractivity contribution < 1.29 is 9.53 Å². The Labute approximate surface area is 172 Å². The largest absolute Gasteiger partial charge is 0.444 e. The predicted octanol–water partition coefficient (Wildman–Crippen LogP) is 7.44. The van der Waals surface area contributed by atoms with Gasteiger partial charge in [-0.15, -0.1) is 0 Å². The van der Waals surface area contributed by atoms with E-state index in [1.165, 1.54) is 68.9 Å². The van der Waals surface area contributed by atoms with Crippen molar-refractivity contribution in [3.63, 3.8) is 0 Å². The average molecular weight is 388 g/mol. The van der Waals surface area contributed by atoms with Crippen LogP contribution in [0, 0.1) is 0 Å². The molecule has 0 radical (unpaired) electrons. The van der Waals surface area contributed by atoms with Crippen molar-refractivity contribution in [1.82, 2.24) is 4.90 Å². The van der Waals surface area contributed by atoms with E-state index in [2.05, 4.69) is 31.2 Å². The van der Waals surface area contributed by atoms with E-state index in [9.17, 15) is 4.79 Å². The number of amides is 1. The van der Waals surface area contributed by atoms with Gasteiger partial charge in [-0.05, 0) is 44.7 Å². The van der Waals surface area contributed by atoms with Crippen LogP contribution in [-0.2, 0) is 11.2 Å². The summed E-state index contributed by atoms with van der Waals surface area (Å²) in [7, 11) is 0. The summed E-state index contributed by atoms with van der Waals surface area (Å²) in [5.74, 6) is 0. The van der Waals surface area contributed by atoms with Gasteiger partial charge in [0, 0.05) is 6.54 Å². The van der Waals surface area contributed by atoms with E-state index in [0.29, 0.717) is 0 Å². The molecule has 0 aliphatic carbocycles. The monoisotopic (exact) mass is 387 g/mol. The first kappa shape index (κ1) is 22.8. The highest BCUT2D eigenvalue weighted by molar-refractivity contribution is 5.69. The second kappa shape index (κ2) is 11.5. The minimum absolute atomic E-state index is 0.157. The van der Waals surface area contributed by atoms with E-state index in [1.807, 2.05) is 25.7 Å². The molecule has 1 aliphatic heterocycles. The minimum atomic E-state index is -0.448. The highest BCUT2D eigenvalue weighted by Gasteiger charge is 2.32. The van der Waals surface area contributed by atoms with Crippen molar-refractivity contribution >= 4 is 6.09 Å². The van der Waals surface area contributed by atoms with Gasteiger partial charge in [0.05, 0.1) is 6.04 Å². The number of unbranched alkanes of at least 4 members (excludes halogenated alkanes) is 8. The van der Waals surface area contributed by atoms with Crippen molar-refractivity contribution in [2.75, 3.05) is 6.54 Å². The Kier molecular flexibility index (Phi) is 9.34. The standard InChI is InChI=1S/C25H41NO2/c1-5-6-7-8-9-10-11-12-13-18-23-22-17-15-14-16-21(22)19-20-26(23)24(27)28-25(2,3)4/h14-17,23H,5-13,18-20H2,1-4H3/t23-/m0/s1. The maximum absolute atomic E-state index is 12.8. The van der Waals surface area contributed by atoms with Gasteiger partial charge in [0.25, 0.3) is 0 Å². The first-order valence-electron chi connectivity index (χ1n) is 11.5. The summed E-state index contributed by atoms with van der Waals surface area (Å²) in [6.45, 7) is 8.85. The van der Waals surface area contributed by atoms with E-state index < -0.39 is 5.60 Å². The number of ether oxygens (including phenoxy) is 1. The first-order valence-corrected chi connectivity index (χ1v) is 11.5. The van der Waals surface area contributed by atoms with Crippen LogP contribution in [0.2, 0.25) is 0 Å². The smallest absolute Gasteiger partial charge is 0.410 e. The second-order valence-corrected chi connectivity index (χ2v) is 9.26. The van der Waals surface area contributed by atoms with Crippen molar-refractivity contribution in [1.29, 1.82) is 0 Å². The Morgan fingerprint density at radius 1 is 1.00 bits per heavy atom. The second-order valence-electron chi connectivity index (χ2n) is 9.26. The number of rotatable bonds is 10. The molecule has 158 valence electrons. The molecule has 1 heterocycles. The highest BCUT2D eigenvalue weighted by atomic mass is 16.6. The van der Waals surface area contributed by atoms with Gasteiger partial charge in [-0.2, -0.15) is 0 Å². The Morgan fingerprint density at radius 2 is 1.61 bits per heavy atom. The van der Waals surface area contributed by atoms with Crippen LogP contribution in [0.4, 0.5) is 4.79 Å². The molecule has 0 bridgehead atoms. The average Bonchev–Trinajstić information content (AvgIpc) is 2.65. The maximum atomic E-state index is 12.8. The van der Waals surface area contributed by atoms with Crippen molar-refractivity contribution in [2.24, 2.45) is 0 Å². The van der Waals surface area contributed by atoms with Crippen LogP contribution < -0.4 is 0 Å². The molecule has 2 rings (SSSR count). The van der Waals surface area contributed by atoms with Crippen LogP contribution in [-0.4, -0.2) is 23.1 Å². The molecule has 3 heteroatoms. The van der Waals surface area contributed by atoms with Crippen LogP contribution in [0.5, 0.6) is 0 Å². The van der Waals surface area contributed by atoms with Gasteiger partial charge in [-0.1, -0.05) is 89.0 Å². The fourth-order valence-electron chi connectivity index (χ4n) is 4.15. The van der Waals surface area contributed by atoms with Crippen molar-refractivity contribution in [3.8, 4) is 0 Å². The van der Waals surface area contributed by atoms with Gasteiger partial charge in [0.2, 0.25) is 0 Å². The number of benzene rings is 1. The number of fused-ring (bicyclic) bond motifs is 1. The lowest BCUT2D eigenvalue weighted by molar-refractivity contribution is 0.0129. The predicted molar refractivity (Wildman–Crippen MR) is 118 cm³/mol. The van der Waals surface area contributed by atoms with Gasteiger partial charge < -0.3 is 9.64 Å². The zero-order chi connectivity index (χ0) is 20.4. The minimum Gasteiger partial charge on any atom is -0.444 e. The summed E-state index contributed by atoms with van der Waals surface area (Å²) in [6, 6.07) is 8.78. The van der Waals surface area contributed by atoms with E-state index in [0.717, 1.165) is 19.4 Å². The molecule has 0 fully saturated rings. The van der Waals surface area contributed by atoms with Gasteiger partial charge in [-0.3, -0.25) is 0 Å². The quantitative estimate of drug-likeness (QED) is 0.390. The fraction of sp³-hybridized carbons (Fsp3) is 0.720. The Hall–Kier alpha value is -1.51. The fourth-order valence-corrected chi connectivity index (χ4v) is 4.15. The summed E-state index contributed by atoms with van der Waals surface area (Å²) in [5, 5.41) is 0. The number of nitrogens with zero attached hydrogens (tertiary/aromatic N) is 1. The molecule has 0 spiro atoms. The Bertz CT molecular complexity index is 590. The summed E-state index contributed by atoms with van der Waals surface area (Å²) < 4.78 is 5.70. The van der Waals surface area contributed by atoms with E-state index >= 15 is 0 Å². The number of carbonyl (C=O) groups is 1. The topological polar surface area (TPSA) is 29.5 Å². The first-order chi connectivity index (χ1) is 13.4. The maximum Gasteiger partial charge on any atom is 0.410 e. The van der Waals surface area contributed by atoms with Crippen LogP contribution in [0.15, 0.2) is 24.3 Å². The van der Waals surface area contributed by atoms with Crippen molar-refractivity contribution in [2.45, 2.75) is 110 Å². The molecule has 0 aromatic heterocycles. The lowest BCUT2D eigenvalue weighted by Crippen LogP contribution is -2.43. The van der Waals surface area contributed by atoms with Crippen LogP contribution >= 0.6 is 0 Å².